The van der Waals surface area contributed by atoms with Crippen LogP contribution in [-0.4, -0.2) is 48.4 Å². The minimum Gasteiger partial charge on any atom is -0.344 e. The van der Waals surface area contributed by atoms with Crippen LogP contribution in [0, 0.1) is 5.92 Å². The van der Waals surface area contributed by atoms with Crippen molar-refractivity contribution in [2.24, 2.45) is 5.92 Å². The Kier molecular flexibility index (Phi) is 6.76. The first-order valence-corrected chi connectivity index (χ1v) is 7.41. The Hall–Kier alpha value is -0.810. The molecule has 1 saturated carbocycles. The number of hydrogen-bond donors (Lipinski definition) is 2. The van der Waals surface area contributed by atoms with Crippen LogP contribution in [0.1, 0.15) is 39.5 Å². The molecule has 1 saturated heterocycles. The quantitative estimate of drug-likeness (QED) is 0.815. The standard InChI is InChI=1S/C14H25N3O2.ClH/c1-10-9-15-7-8-17(10)14(19)11(2)16-13(18)12-5-3-4-6-12;/h10-12,15H,3-9H2,1-2H3,(H,16,18);1H/t10-,11?;/m1./s1. The number of nitrogens with zero attached hydrogens (tertiary/aromatic N) is 1. The van der Waals surface area contributed by atoms with Crippen LogP contribution in [0.3, 0.4) is 0 Å². The maximum Gasteiger partial charge on any atom is 0.245 e. The molecule has 2 rings (SSSR count). The van der Waals surface area contributed by atoms with Crippen molar-refractivity contribution >= 4 is 24.2 Å². The molecule has 0 radical (unpaired) electrons. The first-order valence-electron chi connectivity index (χ1n) is 7.41. The van der Waals surface area contributed by atoms with Gasteiger partial charge in [0.05, 0.1) is 0 Å². The summed E-state index contributed by atoms with van der Waals surface area (Å²) in [5, 5.41) is 6.15. The molecule has 6 heteroatoms. The van der Waals surface area contributed by atoms with Gasteiger partial charge in [0.2, 0.25) is 11.8 Å². The molecule has 2 amide bonds. The van der Waals surface area contributed by atoms with Gasteiger partial charge in [-0.25, -0.2) is 0 Å². The van der Waals surface area contributed by atoms with E-state index in [4.69, 9.17) is 0 Å². The average molecular weight is 304 g/mol. The number of carbonyl (C=O) groups excluding carboxylic acids is 2. The summed E-state index contributed by atoms with van der Waals surface area (Å²) in [5.41, 5.74) is 0. The van der Waals surface area contributed by atoms with Crippen molar-refractivity contribution in [2.75, 3.05) is 19.6 Å². The van der Waals surface area contributed by atoms with E-state index in [2.05, 4.69) is 10.6 Å². The van der Waals surface area contributed by atoms with E-state index >= 15 is 0 Å². The molecule has 116 valence electrons. The highest BCUT2D eigenvalue weighted by Crippen LogP contribution is 2.24. The van der Waals surface area contributed by atoms with Crippen LogP contribution in [0.5, 0.6) is 0 Å². The third kappa shape index (κ3) is 4.09. The summed E-state index contributed by atoms with van der Waals surface area (Å²) in [6.07, 6.45) is 4.21. The van der Waals surface area contributed by atoms with Gasteiger partial charge in [0.15, 0.2) is 0 Å². The van der Waals surface area contributed by atoms with Crippen LogP contribution in [0.15, 0.2) is 0 Å². The Labute approximate surface area is 127 Å². The molecule has 0 bridgehead atoms. The molecule has 20 heavy (non-hydrogen) atoms. The molecule has 1 aliphatic heterocycles. The SMILES string of the molecule is CC(NC(=O)C1CCCC1)C(=O)N1CCNC[C@H]1C.Cl. The number of rotatable bonds is 3. The molecule has 2 fully saturated rings. The Bertz CT molecular complexity index is 345. The van der Waals surface area contributed by atoms with Crippen molar-refractivity contribution in [3.8, 4) is 0 Å². The topological polar surface area (TPSA) is 61.4 Å². The summed E-state index contributed by atoms with van der Waals surface area (Å²) >= 11 is 0. The maximum absolute atomic E-state index is 12.3. The number of carbonyl (C=O) groups is 2. The number of hydrogen-bond acceptors (Lipinski definition) is 3. The van der Waals surface area contributed by atoms with Crippen molar-refractivity contribution in [2.45, 2.75) is 51.6 Å². The summed E-state index contributed by atoms with van der Waals surface area (Å²) in [5.74, 6) is 0.220. The van der Waals surface area contributed by atoms with E-state index in [9.17, 15) is 9.59 Å². The van der Waals surface area contributed by atoms with Gasteiger partial charge in [0, 0.05) is 31.6 Å². The van der Waals surface area contributed by atoms with Gasteiger partial charge in [0.25, 0.3) is 0 Å². The smallest absolute Gasteiger partial charge is 0.245 e. The largest absolute Gasteiger partial charge is 0.344 e. The number of piperazine rings is 1. The monoisotopic (exact) mass is 303 g/mol. The number of nitrogens with one attached hydrogen (secondary N) is 2. The summed E-state index contributed by atoms with van der Waals surface area (Å²) in [4.78, 5) is 26.2. The van der Waals surface area contributed by atoms with Crippen LogP contribution in [0.2, 0.25) is 0 Å². The molecule has 0 spiro atoms. The molecular weight excluding hydrogens is 278 g/mol. The predicted molar refractivity (Wildman–Crippen MR) is 80.9 cm³/mol. The van der Waals surface area contributed by atoms with Crippen molar-refractivity contribution < 1.29 is 9.59 Å². The third-order valence-electron chi connectivity index (χ3n) is 4.24. The van der Waals surface area contributed by atoms with E-state index in [0.717, 1.165) is 45.3 Å². The van der Waals surface area contributed by atoms with Crippen molar-refractivity contribution in [3.63, 3.8) is 0 Å². The van der Waals surface area contributed by atoms with E-state index in [-0.39, 0.29) is 36.2 Å². The van der Waals surface area contributed by atoms with E-state index in [1.165, 1.54) is 0 Å². The fourth-order valence-corrected chi connectivity index (χ4v) is 3.00. The van der Waals surface area contributed by atoms with Crippen LogP contribution in [0.25, 0.3) is 0 Å². The Balaban J connectivity index is 0.00000200. The van der Waals surface area contributed by atoms with Crippen LogP contribution in [0.4, 0.5) is 0 Å². The highest BCUT2D eigenvalue weighted by atomic mass is 35.5. The van der Waals surface area contributed by atoms with E-state index < -0.39 is 6.04 Å². The van der Waals surface area contributed by atoms with Gasteiger partial charge in [-0.3, -0.25) is 9.59 Å². The normalized spacial score (nSPS) is 24.9. The fraction of sp³-hybridized carbons (Fsp3) is 0.857. The summed E-state index contributed by atoms with van der Waals surface area (Å²) in [6.45, 7) is 6.22. The first-order chi connectivity index (χ1) is 9.09. The van der Waals surface area contributed by atoms with E-state index in [1.807, 2.05) is 11.8 Å². The average Bonchev–Trinajstić information content (AvgIpc) is 2.92. The van der Waals surface area contributed by atoms with Gasteiger partial charge in [0.1, 0.15) is 6.04 Å². The van der Waals surface area contributed by atoms with Gasteiger partial charge < -0.3 is 15.5 Å². The van der Waals surface area contributed by atoms with Crippen LogP contribution >= 0.6 is 12.4 Å². The molecular formula is C14H26ClN3O2. The first kappa shape index (κ1) is 17.2. The molecule has 1 heterocycles. The second-order valence-corrected chi connectivity index (χ2v) is 5.80. The molecule has 5 nitrogen and oxygen atoms in total. The molecule has 1 aliphatic carbocycles. The van der Waals surface area contributed by atoms with Gasteiger partial charge in [-0.05, 0) is 26.7 Å². The zero-order valence-electron chi connectivity index (χ0n) is 12.4. The maximum atomic E-state index is 12.3. The second-order valence-electron chi connectivity index (χ2n) is 5.80. The van der Waals surface area contributed by atoms with Gasteiger partial charge in [-0.15, -0.1) is 12.4 Å². The fourth-order valence-electron chi connectivity index (χ4n) is 3.00. The lowest BCUT2D eigenvalue weighted by molar-refractivity contribution is -0.139. The Morgan fingerprint density at radius 3 is 2.55 bits per heavy atom. The van der Waals surface area contributed by atoms with E-state index in [1.54, 1.807) is 6.92 Å². The van der Waals surface area contributed by atoms with Crippen molar-refractivity contribution in [1.82, 2.24) is 15.5 Å². The number of amides is 2. The van der Waals surface area contributed by atoms with Gasteiger partial charge >= 0.3 is 0 Å². The molecule has 2 aliphatic rings. The van der Waals surface area contributed by atoms with Gasteiger partial charge in [-0.2, -0.15) is 0 Å². The molecule has 2 N–H and O–H groups in total. The van der Waals surface area contributed by atoms with Crippen LogP contribution < -0.4 is 10.6 Å². The summed E-state index contributed by atoms with van der Waals surface area (Å²) in [7, 11) is 0. The summed E-state index contributed by atoms with van der Waals surface area (Å²) < 4.78 is 0. The Morgan fingerprint density at radius 2 is 1.95 bits per heavy atom. The number of halogens is 1. The highest BCUT2D eigenvalue weighted by molar-refractivity contribution is 5.88. The van der Waals surface area contributed by atoms with Crippen LogP contribution in [-0.2, 0) is 9.59 Å². The Morgan fingerprint density at radius 1 is 1.30 bits per heavy atom. The summed E-state index contributed by atoms with van der Waals surface area (Å²) in [6, 6.07) is -0.208. The third-order valence-corrected chi connectivity index (χ3v) is 4.24. The molecule has 0 aromatic carbocycles. The highest BCUT2D eigenvalue weighted by Gasteiger charge is 2.30. The van der Waals surface area contributed by atoms with E-state index in [0.29, 0.717) is 0 Å². The molecule has 0 aromatic heterocycles. The van der Waals surface area contributed by atoms with Crippen molar-refractivity contribution in [3.05, 3.63) is 0 Å². The zero-order chi connectivity index (χ0) is 13.8. The van der Waals surface area contributed by atoms with Crippen molar-refractivity contribution in [1.29, 1.82) is 0 Å². The molecule has 1 unspecified atom stereocenters. The predicted octanol–water partition coefficient (Wildman–Crippen LogP) is 0.923. The zero-order valence-corrected chi connectivity index (χ0v) is 13.2. The minimum absolute atomic E-state index is 0. The molecule has 0 aromatic rings. The lowest BCUT2D eigenvalue weighted by Gasteiger charge is -2.35. The minimum atomic E-state index is -0.409. The second kappa shape index (κ2) is 7.84. The van der Waals surface area contributed by atoms with Gasteiger partial charge in [-0.1, -0.05) is 12.8 Å². The lowest BCUT2D eigenvalue weighted by atomic mass is 10.1. The lowest BCUT2D eigenvalue weighted by Crippen LogP contribution is -2.57. The molecule has 2 atom stereocenters.